The standard InChI is InChI=1S/C17H21N3O2S2/c1-4-10-18-14-13(16(21)22-2)15(20-17(19-14)23-3)24-11-12-8-6-5-7-9-12/h5-9H,4,10-11H2,1-3H3,(H,18,19,20). The van der Waals surface area contributed by atoms with Gasteiger partial charge in [-0.2, -0.15) is 0 Å². The highest BCUT2D eigenvalue weighted by Crippen LogP contribution is 2.31. The molecule has 5 nitrogen and oxygen atoms in total. The summed E-state index contributed by atoms with van der Waals surface area (Å²) < 4.78 is 4.94. The van der Waals surface area contributed by atoms with Gasteiger partial charge in [-0.15, -0.1) is 11.8 Å². The molecule has 0 spiro atoms. The summed E-state index contributed by atoms with van der Waals surface area (Å²) >= 11 is 2.97. The number of carbonyl (C=O) groups excluding carboxylic acids is 1. The second-order valence-corrected chi connectivity index (χ2v) is 6.67. The van der Waals surface area contributed by atoms with Gasteiger partial charge in [0.1, 0.15) is 16.4 Å². The van der Waals surface area contributed by atoms with E-state index in [0.29, 0.717) is 21.6 Å². The molecule has 0 radical (unpaired) electrons. The minimum Gasteiger partial charge on any atom is -0.465 e. The van der Waals surface area contributed by atoms with Gasteiger partial charge in [-0.3, -0.25) is 0 Å². The molecule has 1 aromatic carbocycles. The summed E-state index contributed by atoms with van der Waals surface area (Å²) in [7, 11) is 1.38. The number of hydrogen-bond acceptors (Lipinski definition) is 7. The van der Waals surface area contributed by atoms with Crippen molar-refractivity contribution in [3.8, 4) is 0 Å². The number of hydrogen-bond donors (Lipinski definition) is 1. The fourth-order valence-corrected chi connectivity index (χ4v) is 3.39. The van der Waals surface area contributed by atoms with Crippen molar-refractivity contribution in [1.29, 1.82) is 0 Å². The van der Waals surface area contributed by atoms with E-state index >= 15 is 0 Å². The van der Waals surface area contributed by atoms with Gasteiger partial charge in [-0.1, -0.05) is 49.0 Å². The molecule has 0 unspecified atom stereocenters. The number of ether oxygens (including phenoxy) is 1. The summed E-state index contributed by atoms with van der Waals surface area (Å²) in [5, 5.41) is 4.49. The second kappa shape index (κ2) is 9.54. The van der Waals surface area contributed by atoms with Crippen molar-refractivity contribution in [2.75, 3.05) is 25.2 Å². The molecule has 0 saturated carbocycles. The number of anilines is 1. The van der Waals surface area contributed by atoms with Crippen LogP contribution in [0.4, 0.5) is 5.82 Å². The van der Waals surface area contributed by atoms with E-state index in [0.717, 1.165) is 18.7 Å². The van der Waals surface area contributed by atoms with E-state index in [1.807, 2.05) is 24.5 Å². The van der Waals surface area contributed by atoms with Crippen molar-refractivity contribution >= 4 is 35.3 Å². The van der Waals surface area contributed by atoms with E-state index in [1.165, 1.54) is 36.2 Å². The van der Waals surface area contributed by atoms with Crippen LogP contribution < -0.4 is 5.32 Å². The Bertz CT molecular complexity index is 681. The van der Waals surface area contributed by atoms with Gasteiger partial charge in [-0.05, 0) is 18.2 Å². The first-order chi connectivity index (χ1) is 11.7. The van der Waals surface area contributed by atoms with Crippen LogP contribution in [0.5, 0.6) is 0 Å². The van der Waals surface area contributed by atoms with Gasteiger partial charge in [0.2, 0.25) is 0 Å². The average molecular weight is 364 g/mol. The Balaban J connectivity index is 2.36. The summed E-state index contributed by atoms with van der Waals surface area (Å²) in [6, 6.07) is 10.1. The second-order valence-electron chi connectivity index (χ2n) is 4.93. The number of methoxy groups -OCH3 is 1. The van der Waals surface area contributed by atoms with Gasteiger partial charge in [0.15, 0.2) is 5.16 Å². The van der Waals surface area contributed by atoms with Crippen molar-refractivity contribution in [1.82, 2.24) is 9.97 Å². The van der Waals surface area contributed by atoms with E-state index < -0.39 is 5.97 Å². The monoisotopic (exact) mass is 363 g/mol. The van der Waals surface area contributed by atoms with Gasteiger partial charge in [0, 0.05) is 12.3 Å². The van der Waals surface area contributed by atoms with Crippen LogP contribution in [0.3, 0.4) is 0 Å². The highest BCUT2D eigenvalue weighted by Gasteiger charge is 2.22. The van der Waals surface area contributed by atoms with Crippen molar-refractivity contribution in [2.45, 2.75) is 29.3 Å². The molecule has 0 fully saturated rings. The molecule has 0 amide bonds. The fourth-order valence-electron chi connectivity index (χ4n) is 2.00. The Morgan fingerprint density at radius 2 is 2.00 bits per heavy atom. The number of thioether (sulfide) groups is 2. The quantitative estimate of drug-likeness (QED) is 0.328. The van der Waals surface area contributed by atoms with Gasteiger partial charge >= 0.3 is 5.97 Å². The molecule has 128 valence electrons. The van der Waals surface area contributed by atoms with Crippen LogP contribution in [-0.2, 0) is 10.5 Å². The molecule has 0 aliphatic heterocycles. The maximum Gasteiger partial charge on any atom is 0.344 e. The summed E-state index contributed by atoms with van der Waals surface area (Å²) in [5.41, 5.74) is 1.58. The zero-order valence-electron chi connectivity index (χ0n) is 14.0. The largest absolute Gasteiger partial charge is 0.465 e. The molecular weight excluding hydrogens is 342 g/mol. The number of rotatable bonds is 8. The zero-order valence-corrected chi connectivity index (χ0v) is 15.7. The molecule has 1 heterocycles. The number of benzene rings is 1. The Hall–Kier alpha value is -1.73. The molecule has 2 aromatic rings. The predicted octanol–water partition coefficient (Wildman–Crippen LogP) is 4.10. The molecule has 0 bridgehead atoms. The lowest BCUT2D eigenvalue weighted by Gasteiger charge is -2.14. The molecular formula is C17H21N3O2S2. The van der Waals surface area contributed by atoms with Crippen molar-refractivity contribution < 1.29 is 9.53 Å². The van der Waals surface area contributed by atoms with Crippen LogP contribution in [0.15, 0.2) is 40.5 Å². The van der Waals surface area contributed by atoms with E-state index in [-0.39, 0.29) is 0 Å². The first-order valence-electron chi connectivity index (χ1n) is 7.64. The van der Waals surface area contributed by atoms with Crippen LogP contribution in [0, 0.1) is 0 Å². The van der Waals surface area contributed by atoms with Crippen LogP contribution in [0.1, 0.15) is 29.3 Å². The number of aromatic nitrogens is 2. The molecule has 24 heavy (non-hydrogen) atoms. The Labute approximate surface area is 151 Å². The van der Waals surface area contributed by atoms with E-state index in [9.17, 15) is 4.79 Å². The zero-order chi connectivity index (χ0) is 17.4. The maximum atomic E-state index is 12.3. The summed E-state index contributed by atoms with van der Waals surface area (Å²) in [6.45, 7) is 2.80. The van der Waals surface area contributed by atoms with E-state index in [4.69, 9.17) is 4.74 Å². The molecule has 0 saturated heterocycles. The normalized spacial score (nSPS) is 10.5. The lowest BCUT2D eigenvalue weighted by molar-refractivity contribution is 0.0596. The fraction of sp³-hybridized carbons (Fsp3) is 0.353. The number of carbonyl (C=O) groups is 1. The van der Waals surface area contributed by atoms with Crippen molar-refractivity contribution in [2.24, 2.45) is 0 Å². The highest BCUT2D eigenvalue weighted by atomic mass is 32.2. The van der Waals surface area contributed by atoms with Crippen LogP contribution in [-0.4, -0.2) is 35.8 Å². The SMILES string of the molecule is CCCNc1nc(SC)nc(SCc2ccccc2)c1C(=O)OC. The van der Waals surface area contributed by atoms with Gasteiger partial charge < -0.3 is 10.1 Å². The topological polar surface area (TPSA) is 64.1 Å². The molecule has 0 aliphatic rings. The van der Waals surface area contributed by atoms with Gasteiger partial charge in [-0.25, -0.2) is 14.8 Å². The Kier molecular flexibility index (Phi) is 7.39. The lowest BCUT2D eigenvalue weighted by Crippen LogP contribution is -2.14. The summed E-state index contributed by atoms with van der Waals surface area (Å²) in [4.78, 5) is 21.2. The molecule has 7 heteroatoms. The molecule has 0 aliphatic carbocycles. The highest BCUT2D eigenvalue weighted by molar-refractivity contribution is 7.99. The predicted molar refractivity (Wildman–Crippen MR) is 99.9 cm³/mol. The summed E-state index contributed by atoms with van der Waals surface area (Å²) in [5.74, 6) is 0.846. The smallest absolute Gasteiger partial charge is 0.344 e. The molecule has 2 rings (SSSR count). The van der Waals surface area contributed by atoms with Gasteiger partial charge in [0.25, 0.3) is 0 Å². The first kappa shape index (κ1) is 18.6. The third-order valence-electron chi connectivity index (χ3n) is 3.19. The lowest BCUT2D eigenvalue weighted by atomic mass is 10.2. The molecule has 1 N–H and O–H groups in total. The minimum absolute atomic E-state index is 0.407. The number of esters is 1. The third-order valence-corrected chi connectivity index (χ3v) is 4.78. The number of nitrogens with one attached hydrogen (secondary N) is 1. The van der Waals surface area contributed by atoms with Crippen molar-refractivity contribution in [3.05, 3.63) is 41.5 Å². The van der Waals surface area contributed by atoms with Crippen LogP contribution in [0.2, 0.25) is 0 Å². The van der Waals surface area contributed by atoms with Crippen LogP contribution >= 0.6 is 23.5 Å². The van der Waals surface area contributed by atoms with E-state index in [1.54, 1.807) is 0 Å². The minimum atomic E-state index is -0.420. The number of nitrogens with zero attached hydrogens (tertiary/aromatic N) is 2. The Morgan fingerprint density at radius 3 is 2.62 bits per heavy atom. The average Bonchev–Trinajstić information content (AvgIpc) is 2.64. The maximum absolute atomic E-state index is 12.3. The van der Waals surface area contributed by atoms with Crippen LogP contribution in [0.25, 0.3) is 0 Å². The first-order valence-corrected chi connectivity index (χ1v) is 9.85. The molecule has 1 aromatic heterocycles. The van der Waals surface area contributed by atoms with Gasteiger partial charge in [0.05, 0.1) is 7.11 Å². The third kappa shape index (κ3) is 4.88. The van der Waals surface area contributed by atoms with E-state index in [2.05, 4.69) is 34.3 Å². The molecule has 0 atom stereocenters. The van der Waals surface area contributed by atoms with Crippen molar-refractivity contribution in [3.63, 3.8) is 0 Å². The summed E-state index contributed by atoms with van der Waals surface area (Å²) in [6.07, 6.45) is 2.86. The Morgan fingerprint density at radius 1 is 1.25 bits per heavy atom.